The summed E-state index contributed by atoms with van der Waals surface area (Å²) in [5.41, 5.74) is 3.99. The van der Waals surface area contributed by atoms with Gasteiger partial charge in [-0.15, -0.1) is 0 Å². The number of fused-ring (bicyclic) bond motifs is 1. The number of ether oxygens (including phenoxy) is 1. The molecule has 156 valence electrons. The molecule has 0 aliphatic carbocycles. The number of nitrogens with zero attached hydrogens (tertiary/aromatic N) is 5. The van der Waals surface area contributed by atoms with Crippen molar-refractivity contribution in [2.45, 2.75) is 39.0 Å². The Labute approximate surface area is 174 Å². The first-order valence-electron chi connectivity index (χ1n) is 10.1. The Morgan fingerprint density at radius 3 is 2.97 bits per heavy atom. The van der Waals surface area contributed by atoms with Crippen LogP contribution in [0, 0.1) is 11.5 Å². The molecule has 1 saturated heterocycles. The average molecular weight is 408 g/mol. The normalized spacial score (nSPS) is 16.2. The van der Waals surface area contributed by atoms with Crippen molar-refractivity contribution in [1.82, 2.24) is 14.9 Å². The number of nitriles is 1. The minimum absolute atomic E-state index is 0.355. The third-order valence-electron chi connectivity index (χ3n) is 5.23. The number of anilines is 2. The fourth-order valence-electron chi connectivity index (χ4n) is 3.74. The molecule has 0 bridgehead atoms. The first kappa shape index (κ1) is 19.9. The van der Waals surface area contributed by atoms with Crippen LogP contribution in [0.25, 0.3) is 11.3 Å². The fraction of sp³-hybridized carbons (Fsp3) is 0.429. The van der Waals surface area contributed by atoms with Crippen LogP contribution in [0.15, 0.2) is 24.3 Å². The molecule has 1 amide bonds. The molecule has 1 unspecified atom stereocenters. The zero-order valence-electron chi connectivity index (χ0n) is 16.8. The number of nitrogens with one attached hydrogen (secondary N) is 1. The number of rotatable bonds is 7. The molecule has 2 aromatic rings. The van der Waals surface area contributed by atoms with Crippen LogP contribution in [0.5, 0.6) is 0 Å². The molecule has 1 atom stereocenters. The lowest BCUT2D eigenvalue weighted by Crippen LogP contribution is -2.23. The van der Waals surface area contributed by atoms with E-state index in [0.717, 1.165) is 34.6 Å². The number of hydrogen-bond acceptors (Lipinski definition) is 8. The monoisotopic (exact) mass is 408 g/mol. The quantitative estimate of drug-likeness (QED) is 0.672. The summed E-state index contributed by atoms with van der Waals surface area (Å²) in [6.45, 7) is 4.12. The van der Waals surface area contributed by atoms with Gasteiger partial charge in [0.05, 0.1) is 37.1 Å². The van der Waals surface area contributed by atoms with Crippen molar-refractivity contribution in [3.63, 3.8) is 0 Å². The molecule has 1 aromatic carbocycles. The number of aromatic nitrogens is 2. The van der Waals surface area contributed by atoms with Crippen molar-refractivity contribution < 1.29 is 14.6 Å². The number of cyclic esters (lactones) is 1. The topological polar surface area (TPSA) is 115 Å². The highest BCUT2D eigenvalue weighted by molar-refractivity contribution is 5.90. The number of carbonyl (C=O) groups excluding carboxylic acids is 1. The molecular weight excluding hydrogens is 384 g/mol. The summed E-state index contributed by atoms with van der Waals surface area (Å²) in [5.74, 6) is 0.421. The molecule has 9 heteroatoms. The van der Waals surface area contributed by atoms with E-state index in [1.165, 1.54) is 0 Å². The fourth-order valence-corrected chi connectivity index (χ4v) is 3.74. The van der Waals surface area contributed by atoms with Crippen molar-refractivity contribution in [2.75, 3.05) is 29.9 Å². The molecule has 1 fully saturated rings. The van der Waals surface area contributed by atoms with Crippen LogP contribution in [0.3, 0.4) is 0 Å². The Bertz CT molecular complexity index is 989. The third kappa shape index (κ3) is 4.00. The summed E-state index contributed by atoms with van der Waals surface area (Å²) in [5, 5.41) is 22.5. The molecule has 2 N–H and O–H groups in total. The standard InChI is InChI=1S/C21H24N6O3/c1-2-4-16(28)10-23-20-24-18-12-26(13-22)11-17(18)19(25-20)14-5-3-6-15(9-14)27-7-8-30-21(27)29/h3,5-6,9,16,28H,2,4,7-8,10-12H2,1H3,(H,23,24,25). The summed E-state index contributed by atoms with van der Waals surface area (Å²) in [6.07, 6.45) is 2.93. The summed E-state index contributed by atoms with van der Waals surface area (Å²) in [4.78, 5) is 24.4. The van der Waals surface area contributed by atoms with Gasteiger partial charge in [0, 0.05) is 23.4 Å². The first-order chi connectivity index (χ1) is 14.6. The van der Waals surface area contributed by atoms with E-state index in [4.69, 9.17) is 9.72 Å². The van der Waals surface area contributed by atoms with Crippen molar-refractivity contribution in [3.05, 3.63) is 35.5 Å². The third-order valence-corrected chi connectivity index (χ3v) is 5.23. The second-order valence-electron chi connectivity index (χ2n) is 7.42. The molecule has 0 spiro atoms. The molecule has 2 aliphatic heterocycles. The number of hydrogen-bond donors (Lipinski definition) is 2. The van der Waals surface area contributed by atoms with E-state index in [1.54, 1.807) is 9.80 Å². The number of amides is 1. The average Bonchev–Trinajstić information content (AvgIpc) is 3.37. The van der Waals surface area contributed by atoms with Crippen molar-refractivity contribution in [2.24, 2.45) is 0 Å². The molecule has 0 saturated carbocycles. The molecule has 1 aromatic heterocycles. The van der Waals surface area contributed by atoms with E-state index in [0.29, 0.717) is 45.2 Å². The van der Waals surface area contributed by atoms with E-state index in [-0.39, 0.29) is 6.09 Å². The van der Waals surface area contributed by atoms with Crippen LogP contribution >= 0.6 is 0 Å². The van der Waals surface area contributed by atoms with Crippen LogP contribution in [0.1, 0.15) is 31.0 Å². The minimum atomic E-state index is -0.476. The maximum atomic E-state index is 11.9. The van der Waals surface area contributed by atoms with Gasteiger partial charge in [0.1, 0.15) is 6.61 Å². The molecule has 2 aliphatic rings. The lowest BCUT2D eigenvalue weighted by Gasteiger charge is -2.16. The van der Waals surface area contributed by atoms with Crippen molar-refractivity contribution in [3.8, 4) is 17.5 Å². The summed E-state index contributed by atoms with van der Waals surface area (Å²) in [7, 11) is 0. The number of carbonyl (C=O) groups is 1. The smallest absolute Gasteiger partial charge is 0.414 e. The van der Waals surface area contributed by atoms with Crippen LogP contribution in [0.4, 0.5) is 16.4 Å². The van der Waals surface area contributed by atoms with Gasteiger partial charge in [-0.25, -0.2) is 14.8 Å². The van der Waals surface area contributed by atoms with E-state index < -0.39 is 6.10 Å². The van der Waals surface area contributed by atoms with Gasteiger partial charge < -0.3 is 20.1 Å². The van der Waals surface area contributed by atoms with E-state index >= 15 is 0 Å². The lowest BCUT2D eigenvalue weighted by atomic mass is 10.0. The maximum absolute atomic E-state index is 11.9. The SMILES string of the molecule is CCCC(O)CNc1nc2c(c(-c3cccc(N4CCOC4=O)c3)n1)CN(C#N)C2. The van der Waals surface area contributed by atoms with E-state index in [1.807, 2.05) is 31.2 Å². The number of benzene rings is 1. The highest BCUT2D eigenvalue weighted by Gasteiger charge is 2.27. The molecule has 30 heavy (non-hydrogen) atoms. The second kappa shape index (κ2) is 8.55. The Balaban J connectivity index is 1.68. The largest absolute Gasteiger partial charge is 0.447 e. The van der Waals surface area contributed by atoms with Gasteiger partial charge in [0.2, 0.25) is 5.95 Å². The summed E-state index contributed by atoms with van der Waals surface area (Å²) < 4.78 is 5.05. The van der Waals surface area contributed by atoms with Crippen molar-refractivity contribution >= 4 is 17.7 Å². The van der Waals surface area contributed by atoms with Crippen LogP contribution in [0.2, 0.25) is 0 Å². The second-order valence-corrected chi connectivity index (χ2v) is 7.42. The molecular formula is C21H24N6O3. The lowest BCUT2D eigenvalue weighted by molar-refractivity contribution is 0.176. The summed E-state index contributed by atoms with van der Waals surface area (Å²) in [6, 6.07) is 7.57. The highest BCUT2D eigenvalue weighted by atomic mass is 16.6. The van der Waals surface area contributed by atoms with Gasteiger partial charge in [0.15, 0.2) is 6.19 Å². The zero-order valence-corrected chi connectivity index (χ0v) is 16.8. The van der Waals surface area contributed by atoms with Gasteiger partial charge in [-0.1, -0.05) is 25.5 Å². The van der Waals surface area contributed by atoms with Gasteiger partial charge >= 0.3 is 6.09 Å². The minimum Gasteiger partial charge on any atom is -0.447 e. The Morgan fingerprint density at radius 2 is 2.23 bits per heavy atom. The van der Waals surface area contributed by atoms with Crippen molar-refractivity contribution in [1.29, 1.82) is 5.26 Å². The Kier molecular flexibility index (Phi) is 5.68. The van der Waals surface area contributed by atoms with Crippen LogP contribution in [-0.2, 0) is 17.8 Å². The van der Waals surface area contributed by atoms with E-state index in [9.17, 15) is 15.2 Å². The first-order valence-corrected chi connectivity index (χ1v) is 10.1. The Hall–Kier alpha value is -3.38. The number of aliphatic hydroxyl groups excluding tert-OH is 1. The molecule has 4 rings (SSSR count). The van der Waals surface area contributed by atoms with Gasteiger partial charge in [-0.3, -0.25) is 4.90 Å². The molecule has 0 radical (unpaired) electrons. The number of aliphatic hydroxyl groups is 1. The van der Waals surface area contributed by atoms with Crippen LogP contribution in [-0.4, -0.2) is 51.9 Å². The maximum Gasteiger partial charge on any atom is 0.414 e. The van der Waals surface area contributed by atoms with Gasteiger partial charge in [-0.05, 0) is 18.6 Å². The molecule has 9 nitrogen and oxygen atoms in total. The van der Waals surface area contributed by atoms with E-state index in [2.05, 4.69) is 16.5 Å². The van der Waals surface area contributed by atoms with Gasteiger partial charge in [-0.2, -0.15) is 5.26 Å². The highest BCUT2D eigenvalue weighted by Crippen LogP contribution is 2.33. The predicted molar refractivity (Wildman–Crippen MR) is 110 cm³/mol. The Morgan fingerprint density at radius 1 is 1.37 bits per heavy atom. The predicted octanol–water partition coefficient (Wildman–Crippen LogP) is 2.47. The zero-order chi connectivity index (χ0) is 21.1. The van der Waals surface area contributed by atoms with Gasteiger partial charge in [0.25, 0.3) is 0 Å². The van der Waals surface area contributed by atoms with Crippen LogP contribution < -0.4 is 10.2 Å². The summed E-state index contributed by atoms with van der Waals surface area (Å²) >= 11 is 0. The molecule has 3 heterocycles.